The molecule has 1 saturated heterocycles. The van der Waals surface area contributed by atoms with Crippen molar-refractivity contribution in [3.63, 3.8) is 0 Å². The SMILES string of the molecule is CCC(NC[C@@H](O)[C@H](Cc1ccccc1)NC(=O)c1cc(C2CCCC2)cc(N2CCCC2=O)c1)c1cccc(Cl)c1.Cl. The summed E-state index contributed by atoms with van der Waals surface area (Å²) in [5.74, 6) is 0.282. The van der Waals surface area contributed by atoms with Crippen LogP contribution < -0.4 is 15.5 Å². The molecule has 6 nitrogen and oxygen atoms in total. The van der Waals surface area contributed by atoms with E-state index in [0.717, 1.165) is 48.1 Å². The molecule has 3 aromatic rings. The maximum atomic E-state index is 13.9. The molecule has 5 rings (SSSR count). The van der Waals surface area contributed by atoms with Crippen molar-refractivity contribution in [3.05, 3.63) is 100 Å². The number of hydrogen-bond donors (Lipinski definition) is 3. The summed E-state index contributed by atoms with van der Waals surface area (Å²) in [5.41, 5.74) is 4.57. The fourth-order valence-electron chi connectivity index (χ4n) is 6.37. The lowest BCUT2D eigenvalue weighted by molar-refractivity contribution is -0.117. The topological polar surface area (TPSA) is 81.7 Å². The second kappa shape index (κ2) is 15.7. The molecule has 8 heteroatoms. The molecule has 0 aromatic heterocycles. The first kappa shape index (κ1) is 33.0. The van der Waals surface area contributed by atoms with Crippen LogP contribution in [0.5, 0.6) is 0 Å². The molecule has 43 heavy (non-hydrogen) atoms. The lowest BCUT2D eigenvalue weighted by Gasteiger charge is -2.27. The van der Waals surface area contributed by atoms with E-state index < -0.39 is 12.1 Å². The van der Waals surface area contributed by atoms with E-state index in [1.54, 1.807) is 0 Å². The predicted molar refractivity (Wildman–Crippen MR) is 176 cm³/mol. The summed E-state index contributed by atoms with van der Waals surface area (Å²) in [5, 5.41) is 18.8. The van der Waals surface area contributed by atoms with Crippen LogP contribution in [0.1, 0.15) is 90.9 Å². The summed E-state index contributed by atoms with van der Waals surface area (Å²) in [4.78, 5) is 28.3. The van der Waals surface area contributed by atoms with Crippen LogP contribution in [0, 0.1) is 0 Å². The van der Waals surface area contributed by atoms with Gasteiger partial charge in [-0.05, 0) is 85.0 Å². The van der Waals surface area contributed by atoms with Crippen molar-refractivity contribution in [1.82, 2.24) is 10.6 Å². The molecule has 1 aliphatic carbocycles. The molecule has 3 aromatic carbocycles. The minimum atomic E-state index is -0.833. The number of amides is 2. The number of carbonyl (C=O) groups is 2. The summed E-state index contributed by atoms with van der Waals surface area (Å²) < 4.78 is 0. The molecular formula is C35H43Cl2N3O3. The summed E-state index contributed by atoms with van der Waals surface area (Å²) >= 11 is 6.23. The van der Waals surface area contributed by atoms with Gasteiger partial charge in [-0.15, -0.1) is 12.4 Å². The third-order valence-corrected chi connectivity index (χ3v) is 8.96. The number of rotatable bonds is 12. The summed E-state index contributed by atoms with van der Waals surface area (Å²) in [6.07, 6.45) is 6.44. The van der Waals surface area contributed by atoms with Gasteiger partial charge >= 0.3 is 0 Å². The Balaban J connectivity index is 0.00000423. The number of nitrogens with zero attached hydrogens (tertiary/aromatic N) is 1. The van der Waals surface area contributed by atoms with E-state index in [0.29, 0.717) is 42.4 Å². The average Bonchev–Trinajstić information content (AvgIpc) is 3.70. The molecule has 3 N–H and O–H groups in total. The van der Waals surface area contributed by atoms with Gasteiger partial charge in [0.15, 0.2) is 0 Å². The number of anilines is 1. The van der Waals surface area contributed by atoms with Crippen LogP contribution in [-0.2, 0) is 11.2 Å². The molecule has 1 unspecified atom stereocenters. The van der Waals surface area contributed by atoms with Crippen LogP contribution in [0.25, 0.3) is 0 Å². The number of aliphatic hydroxyl groups is 1. The van der Waals surface area contributed by atoms with Crippen molar-refractivity contribution >= 4 is 41.5 Å². The average molecular weight is 625 g/mol. The Labute approximate surface area is 266 Å². The first-order chi connectivity index (χ1) is 20.4. The van der Waals surface area contributed by atoms with Crippen molar-refractivity contribution in [2.45, 2.75) is 82.4 Å². The number of carbonyl (C=O) groups excluding carboxylic acids is 2. The fourth-order valence-corrected chi connectivity index (χ4v) is 6.57. The Morgan fingerprint density at radius 1 is 1.02 bits per heavy atom. The summed E-state index contributed by atoms with van der Waals surface area (Å²) in [7, 11) is 0. The number of hydrogen-bond acceptors (Lipinski definition) is 4. The number of nitrogens with one attached hydrogen (secondary N) is 2. The van der Waals surface area contributed by atoms with Crippen molar-refractivity contribution in [1.29, 1.82) is 0 Å². The Kier molecular flexibility index (Phi) is 12.1. The molecule has 1 aliphatic heterocycles. The minimum absolute atomic E-state index is 0. The zero-order valence-corrected chi connectivity index (χ0v) is 26.4. The molecular weight excluding hydrogens is 581 g/mol. The van der Waals surface area contributed by atoms with Crippen molar-refractivity contribution in [3.8, 4) is 0 Å². The molecule has 3 atom stereocenters. The molecule has 0 bridgehead atoms. The fraction of sp³-hybridized carbons (Fsp3) is 0.429. The van der Waals surface area contributed by atoms with Crippen LogP contribution in [0.2, 0.25) is 5.02 Å². The third-order valence-electron chi connectivity index (χ3n) is 8.73. The summed E-state index contributed by atoms with van der Waals surface area (Å²) in [6, 6.07) is 23.1. The van der Waals surface area contributed by atoms with E-state index >= 15 is 0 Å². The van der Waals surface area contributed by atoms with Crippen molar-refractivity contribution in [2.75, 3.05) is 18.0 Å². The van der Waals surface area contributed by atoms with Crippen LogP contribution in [0.15, 0.2) is 72.8 Å². The second-order valence-corrected chi connectivity index (χ2v) is 12.1. The lowest BCUT2D eigenvalue weighted by Crippen LogP contribution is -2.49. The first-order valence-electron chi connectivity index (χ1n) is 15.4. The van der Waals surface area contributed by atoms with E-state index in [-0.39, 0.29) is 30.3 Å². The first-order valence-corrected chi connectivity index (χ1v) is 15.8. The predicted octanol–water partition coefficient (Wildman–Crippen LogP) is 6.99. The molecule has 0 radical (unpaired) electrons. The zero-order chi connectivity index (χ0) is 29.5. The third kappa shape index (κ3) is 8.60. The van der Waals surface area contributed by atoms with Gasteiger partial charge in [-0.25, -0.2) is 0 Å². The Bertz CT molecular complexity index is 1360. The normalized spacial score (nSPS) is 17.4. The number of halogens is 2. The smallest absolute Gasteiger partial charge is 0.251 e. The van der Waals surface area contributed by atoms with Gasteiger partial charge in [0.2, 0.25) is 5.91 Å². The summed E-state index contributed by atoms with van der Waals surface area (Å²) in [6.45, 7) is 3.08. The van der Waals surface area contributed by atoms with Crippen molar-refractivity contribution in [2.24, 2.45) is 0 Å². The molecule has 0 spiro atoms. The maximum Gasteiger partial charge on any atom is 0.251 e. The quantitative estimate of drug-likeness (QED) is 0.203. The highest BCUT2D eigenvalue weighted by Crippen LogP contribution is 2.37. The van der Waals surface area contributed by atoms with E-state index in [4.69, 9.17) is 11.6 Å². The monoisotopic (exact) mass is 623 g/mol. The highest BCUT2D eigenvalue weighted by atomic mass is 35.5. The second-order valence-electron chi connectivity index (χ2n) is 11.7. The van der Waals surface area contributed by atoms with Gasteiger partial charge in [0, 0.05) is 41.8 Å². The Morgan fingerprint density at radius 2 is 1.79 bits per heavy atom. The molecule has 2 amide bonds. The van der Waals surface area contributed by atoms with Gasteiger partial charge in [0.1, 0.15) is 0 Å². The number of aliphatic hydroxyl groups excluding tert-OH is 1. The van der Waals surface area contributed by atoms with Crippen molar-refractivity contribution < 1.29 is 14.7 Å². The van der Waals surface area contributed by atoms with Gasteiger partial charge in [0.05, 0.1) is 12.1 Å². The maximum absolute atomic E-state index is 13.9. The number of benzene rings is 3. The highest BCUT2D eigenvalue weighted by molar-refractivity contribution is 6.30. The molecule has 2 fully saturated rings. The van der Waals surface area contributed by atoms with Crippen LogP contribution in [-0.4, -0.2) is 42.2 Å². The minimum Gasteiger partial charge on any atom is -0.390 e. The van der Waals surface area contributed by atoms with Crippen LogP contribution >= 0.6 is 24.0 Å². The van der Waals surface area contributed by atoms with Gasteiger partial charge in [-0.2, -0.15) is 0 Å². The van der Waals surface area contributed by atoms with Gasteiger partial charge in [-0.1, -0.05) is 73.8 Å². The lowest BCUT2D eigenvalue weighted by atomic mass is 9.94. The van der Waals surface area contributed by atoms with Gasteiger partial charge in [0.25, 0.3) is 5.91 Å². The Morgan fingerprint density at radius 3 is 2.47 bits per heavy atom. The highest BCUT2D eigenvalue weighted by Gasteiger charge is 2.28. The Hall–Kier alpha value is -2.90. The molecule has 230 valence electrons. The molecule has 1 saturated carbocycles. The van der Waals surface area contributed by atoms with E-state index in [9.17, 15) is 14.7 Å². The van der Waals surface area contributed by atoms with Crippen LogP contribution in [0.4, 0.5) is 5.69 Å². The van der Waals surface area contributed by atoms with Gasteiger partial charge < -0.3 is 20.6 Å². The molecule has 1 heterocycles. The zero-order valence-electron chi connectivity index (χ0n) is 24.8. The largest absolute Gasteiger partial charge is 0.390 e. The van der Waals surface area contributed by atoms with Gasteiger partial charge in [-0.3, -0.25) is 9.59 Å². The van der Waals surface area contributed by atoms with E-state index in [2.05, 4.69) is 23.6 Å². The molecule has 2 aliphatic rings. The van der Waals surface area contributed by atoms with Crippen LogP contribution in [0.3, 0.4) is 0 Å². The van der Waals surface area contributed by atoms with E-state index in [1.807, 2.05) is 71.6 Å². The standard InChI is InChI=1S/C35H42ClN3O3.ClH/c1-2-31(26-14-8-15-29(36)20-26)37-23-33(40)32(18-24-10-4-3-5-11-24)38-35(42)28-19-27(25-12-6-7-13-25)21-30(22-28)39-17-9-16-34(39)41;/h3-5,8,10-11,14-15,19-22,25,31-33,37,40H,2,6-7,9,12-13,16-18,23H2,1H3,(H,38,42);1H/t31?,32-,33+;/m0./s1. The van der Waals surface area contributed by atoms with E-state index in [1.165, 1.54) is 12.8 Å².